The summed E-state index contributed by atoms with van der Waals surface area (Å²) in [6, 6.07) is 11.6. The van der Waals surface area contributed by atoms with Crippen LogP contribution in [0.1, 0.15) is 11.1 Å². The summed E-state index contributed by atoms with van der Waals surface area (Å²) in [5.74, 6) is 2.58. The summed E-state index contributed by atoms with van der Waals surface area (Å²) < 4.78 is 7.50. The van der Waals surface area contributed by atoms with Crippen molar-refractivity contribution in [3.05, 3.63) is 47.5 Å². The van der Waals surface area contributed by atoms with Crippen LogP contribution in [0.25, 0.3) is 11.3 Å². The van der Waals surface area contributed by atoms with Crippen molar-refractivity contribution < 1.29 is 9.84 Å². The standard InChI is InChI=1S/C20H21N3O2S/c1-12-5-4-6-13(2)17(12)21-19-18(22-20-23(19)9-10-26-20)14-7-8-15(24)16(11-14)25-3/h4-8,11,21,24H,9-10H2,1-3H3. The number of imidazole rings is 1. The molecule has 0 saturated carbocycles. The van der Waals surface area contributed by atoms with E-state index < -0.39 is 0 Å². The first-order valence-corrected chi connectivity index (χ1v) is 9.51. The van der Waals surface area contributed by atoms with E-state index in [0.717, 1.165) is 40.2 Å². The first-order valence-electron chi connectivity index (χ1n) is 8.52. The molecule has 0 atom stereocenters. The fourth-order valence-corrected chi connectivity index (χ4v) is 4.21. The number of anilines is 2. The van der Waals surface area contributed by atoms with Crippen molar-refractivity contribution in [1.82, 2.24) is 9.55 Å². The van der Waals surface area contributed by atoms with Gasteiger partial charge in [0.2, 0.25) is 0 Å². The first-order chi connectivity index (χ1) is 12.6. The maximum Gasteiger partial charge on any atom is 0.170 e. The van der Waals surface area contributed by atoms with Gasteiger partial charge in [-0.1, -0.05) is 30.0 Å². The molecule has 0 aliphatic carbocycles. The lowest BCUT2D eigenvalue weighted by atomic mass is 10.1. The predicted molar refractivity (Wildman–Crippen MR) is 106 cm³/mol. The van der Waals surface area contributed by atoms with Crippen LogP contribution >= 0.6 is 11.8 Å². The predicted octanol–water partition coefficient (Wildman–Crippen LogP) is 4.73. The van der Waals surface area contributed by atoms with E-state index in [4.69, 9.17) is 9.72 Å². The normalized spacial score (nSPS) is 12.9. The van der Waals surface area contributed by atoms with Crippen LogP contribution in [0.5, 0.6) is 11.5 Å². The van der Waals surface area contributed by atoms with Crippen molar-refractivity contribution in [3.63, 3.8) is 0 Å². The number of rotatable bonds is 4. The third-order valence-corrected chi connectivity index (χ3v) is 5.61. The Kier molecular flexibility index (Phi) is 4.28. The summed E-state index contributed by atoms with van der Waals surface area (Å²) in [5, 5.41) is 14.5. The van der Waals surface area contributed by atoms with Gasteiger partial charge in [0.25, 0.3) is 0 Å². The van der Waals surface area contributed by atoms with Crippen LogP contribution in [0.3, 0.4) is 0 Å². The highest BCUT2D eigenvalue weighted by atomic mass is 32.2. The van der Waals surface area contributed by atoms with Gasteiger partial charge in [0, 0.05) is 23.5 Å². The zero-order valence-electron chi connectivity index (χ0n) is 15.0. The van der Waals surface area contributed by atoms with Crippen LogP contribution in [0.4, 0.5) is 11.5 Å². The molecule has 1 aliphatic rings. The van der Waals surface area contributed by atoms with Gasteiger partial charge >= 0.3 is 0 Å². The highest BCUT2D eigenvalue weighted by molar-refractivity contribution is 7.99. The van der Waals surface area contributed by atoms with Gasteiger partial charge < -0.3 is 19.7 Å². The van der Waals surface area contributed by atoms with Gasteiger partial charge in [-0.05, 0) is 43.2 Å². The van der Waals surface area contributed by atoms with Gasteiger partial charge in [-0.15, -0.1) is 0 Å². The van der Waals surface area contributed by atoms with E-state index in [1.165, 1.54) is 11.1 Å². The number of aryl methyl sites for hydroxylation is 2. The highest BCUT2D eigenvalue weighted by Crippen LogP contribution is 2.41. The Morgan fingerprint density at radius 2 is 1.96 bits per heavy atom. The monoisotopic (exact) mass is 367 g/mol. The van der Waals surface area contributed by atoms with Crippen LogP contribution in [0.2, 0.25) is 0 Å². The number of fused-ring (bicyclic) bond motifs is 1. The first kappa shape index (κ1) is 16.8. The van der Waals surface area contributed by atoms with E-state index in [0.29, 0.717) is 5.75 Å². The number of ether oxygens (including phenoxy) is 1. The summed E-state index contributed by atoms with van der Waals surface area (Å²) >= 11 is 1.76. The van der Waals surface area contributed by atoms with E-state index in [1.54, 1.807) is 24.9 Å². The number of nitrogens with zero attached hydrogens (tertiary/aromatic N) is 2. The molecular formula is C20H21N3O2S. The molecule has 0 fully saturated rings. The van der Waals surface area contributed by atoms with Crippen molar-refractivity contribution in [3.8, 4) is 22.8 Å². The largest absolute Gasteiger partial charge is 0.504 e. The highest BCUT2D eigenvalue weighted by Gasteiger charge is 2.24. The molecule has 0 bridgehead atoms. The number of aromatic nitrogens is 2. The van der Waals surface area contributed by atoms with Crippen molar-refractivity contribution in [2.75, 3.05) is 18.2 Å². The Bertz CT molecular complexity index is 961. The number of hydrogen-bond donors (Lipinski definition) is 2. The van der Waals surface area contributed by atoms with E-state index >= 15 is 0 Å². The molecule has 2 N–H and O–H groups in total. The van der Waals surface area contributed by atoms with Crippen LogP contribution in [-0.2, 0) is 6.54 Å². The number of para-hydroxylation sites is 1. The minimum absolute atomic E-state index is 0.127. The van der Waals surface area contributed by atoms with Gasteiger partial charge in [-0.3, -0.25) is 0 Å². The summed E-state index contributed by atoms with van der Waals surface area (Å²) in [6.07, 6.45) is 0. The van der Waals surface area contributed by atoms with Gasteiger partial charge in [-0.25, -0.2) is 4.98 Å². The molecule has 0 spiro atoms. The Hall–Kier alpha value is -2.60. The lowest BCUT2D eigenvalue weighted by Gasteiger charge is -2.15. The number of aromatic hydroxyl groups is 1. The molecule has 0 amide bonds. The quantitative estimate of drug-likeness (QED) is 0.698. The van der Waals surface area contributed by atoms with Crippen LogP contribution in [0, 0.1) is 13.8 Å². The van der Waals surface area contributed by atoms with Gasteiger partial charge in [0.05, 0.1) is 7.11 Å². The average Bonchev–Trinajstić information content (AvgIpc) is 3.21. The van der Waals surface area contributed by atoms with Crippen molar-refractivity contribution in [2.24, 2.45) is 0 Å². The molecule has 5 nitrogen and oxygen atoms in total. The maximum absolute atomic E-state index is 9.91. The number of nitrogens with one attached hydrogen (secondary N) is 1. The third kappa shape index (κ3) is 2.80. The molecule has 0 unspecified atom stereocenters. The number of phenols is 1. The summed E-state index contributed by atoms with van der Waals surface area (Å²) in [7, 11) is 1.55. The lowest BCUT2D eigenvalue weighted by Crippen LogP contribution is -2.04. The number of methoxy groups -OCH3 is 1. The molecule has 26 heavy (non-hydrogen) atoms. The van der Waals surface area contributed by atoms with Gasteiger partial charge in [0.15, 0.2) is 16.7 Å². The minimum atomic E-state index is 0.127. The Balaban J connectivity index is 1.85. The second kappa shape index (κ2) is 6.61. The van der Waals surface area contributed by atoms with Crippen molar-refractivity contribution >= 4 is 23.3 Å². The Morgan fingerprint density at radius 3 is 2.69 bits per heavy atom. The van der Waals surface area contributed by atoms with Crippen LogP contribution in [0.15, 0.2) is 41.6 Å². The van der Waals surface area contributed by atoms with E-state index in [9.17, 15) is 5.11 Å². The molecule has 1 aliphatic heterocycles. The molecule has 134 valence electrons. The smallest absolute Gasteiger partial charge is 0.170 e. The number of phenolic OH excluding ortho intramolecular Hbond substituents is 1. The number of thioether (sulfide) groups is 1. The molecule has 1 aromatic heterocycles. The fraction of sp³-hybridized carbons (Fsp3) is 0.250. The van der Waals surface area contributed by atoms with Gasteiger partial charge in [0.1, 0.15) is 11.5 Å². The number of benzene rings is 2. The summed E-state index contributed by atoms with van der Waals surface area (Å²) in [5.41, 5.74) is 5.28. The second-order valence-electron chi connectivity index (χ2n) is 6.37. The fourth-order valence-electron chi connectivity index (χ4n) is 3.26. The Labute approximate surface area is 157 Å². The zero-order valence-corrected chi connectivity index (χ0v) is 15.9. The summed E-state index contributed by atoms with van der Waals surface area (Å²) in [6.45, 7) is 5.14. The number of hydrogen-bond acceptors (Lipinski definition) is 5. The second-order valence-corrected chi connectivity index (χ2v) is 7.43. The SMILES string of the molecule is COc1cc(-c2nc3n(c2Nc2c(C)cccc2C)CCS3)ccc1O. The van der Waals surface area contributed by atoms with Crippen LogP contribution in [-0.4, -0.2) is 27.5 Å². The van der Waals surface area contributed by atoms with Crippen LogP contribution < -0.4 is 10.1 Å². The average molecular weight is 367 g/mol. The zero-order chi connectivity index (χ0) is 18.3. The molecular weight excluding hydrogens is 346 g/mol. The molecule has 3 aromatic rings. The third-order valence-electron chi connectivity index (χ3n) is 4.66. The van der Waals surface area contributed by atoms with Gasteiger partial charge in [-0.2, -0.15) is 0 Å². The van der Waals surface area contributed by atoms with E-state index in [1.807, 2.05) is 12.1 Å². The topological polar surface area (TPSA) is 59.3 Å². The molecule has 0 radical (unpaired) electrons. The molecule has 4 rings (SSSR count). The van der Waals surface area contributed by atoms with Crippen molar-refractivity contribution in [2.45, 2.75) is 25.5 Å². The molecule has 0 saturated heterocycles. The maximum atomic E-state index is 9.91. The van der Waals surface area contributed by atoms with E-state index in [-0.39, 0.29) is 5.75 Å². The lowest BCUT2D eigenvalue weighted by molar-refractivity contribution is 0.373. The van der Waals surface area contributed by atoms with Crippen molar-refractivity contribution in [1.29, 1.82) is 0 Å². The minimum Gasteiger partial charge on any atom is -0.504 e. The molecule has 2 aromatic carbocycles. The Morgan fingerprint density at radius 1 is 1.19 bits per heavy atom. The van der Waals surface area contributed by atoms with E-state index in [2.05, 4.69) is 41.9 Å². The molecule has 2 heterocycles. The molecule has 6 heteroatoms. The summed E-state index contributed by atoms with van der Waals surface area (Å²) in [4.78, 5) is 4.85.